The molecule has 0 radical (unpaired) electrons. The fourth-order valence-electron chi connectivity index (χ4n) is 2.85. The highest BCUT2D eigenvalue weighted by atomic mass is 32.1. The monoisotopic (exact) mass is 416 g/mol. The van der Waals surface area contributed by atoms with E-state index in [0.29, 0.717) is 34.4 Å². The Morgan fingerprint density at radius 1 is 1.07 bits per heavy atom. The van der Waals surface area contributed by atoms with Gasteiger partial charge in [-0.1, -0.05) is 30.7 Å². The van der Waals surface area contributed by atoms with Gasteiger partial charge in [-0.2, -0.15) is 0 Å². The summed E-state index contributed by atoms with van der Waals surface area (Å²) in [7, 11) is 0. The Morgan fingerprint density at radius 2 is 1.79 bits per heavy atom. The lowest BCUT2D eigenvalue weighted by Gasteiger charge is -2.12. The normalized spacial score (nSPS) is 10.5. The number of hydrogen-bond donors (Lipinski definition) is 3. The van der Waals surface area contributed by atoms with Crippen molar-refractivity contribution >= 4 is 39.9 Å². The molecule has 2 rings (SSSR count). The van der Waals surface area contributed by atoms with Crippen LogP contribution >= 0.6 is 11.3 Å². The first-order chi connectivity index (χ1) is 13.7. The molecule has 29 heavy (non-hydrogen) atoms. The van der Waals surface area contributed by atoms with Crippen LogP contribution in [0.2, 0.25) is 0 Å². The van der Waals surface area contributed by atoms with Crippen molar-refractivity contribution in [2.24, 2.45) is 0 Å². The third-order valence-corrected chi connectivity index (χ3v) is 5.48. The quantitative estimate of drug-likeness (QED) is 0.556. The molecule has 0 aliphatic heterocycles. The SMILES string of the molecule is CCCCNC(=O)Nc1nc(C)c(C(=O)Nc2cc(CC(C)=O)c(C)cc2C)s1. The molecule has 156 valence electrons. The number of anilines is 2. The first-order valence-corrected chi connectivity index (χ1v) is 10.5. The van der Waals surface area contributed by atoms with Gasteiger partial charge in [-0.15, -0.1) is 0 Å². The molecule has 1 aromatic carbocycles. The number of ketones is 1. The van der Waals surface area contributed by atoms with Gasteiger partial charge in [-0.05, 0) is 56.9 Å². The Bertz CT molecular complexity index is 921. The lowest BCUT2D eigenvalue weighted by molar-refractivity contribution is -0.116. The maximum atomic E-state index is 12.8. The molecular weight excluding hydrogens is 388 g/mol. The van der Waals surface area contributed by atoms with Crippen LogP contribution in [0.25, 0.3) is 0 Å². The second kappa shape index (κ2) is 10.2. The molecule has 1 heterocycles. The predicted octanol–water partition coefficient (Wildman–Crippen LogP) is 4.37. The van der Waals surface area contributed by atoms with E-state index in [9.17, 15) is 14.4 Å². The smallest absolute Gasteiger partial charge is 0.321 e. The maximum Gasteiger partial charge on any atom is 0.321 e. The number of unbranched alkanes of at least 4 members (excludes halogenated alkanes) is 1. The van der Waals surface area contributed by atoms with E-state index in [0.717, 1.165) is 40.9 Å². The number of carbonyl (C=O) groups excluding carboxylic acids is 3. The summed E-state index contributed by atoms with van der Waals surface area (Å²) in [5, 5.41) is 8.71. The number of benzene rings is 1. The van der Waals surface area contributed by atoms with Crippen molar-refractivity contribution in [1.82, 2.24) is 10.3 Å². The number of nitrogens with one attached hydrogen (secondary N) is 3. The zero-order valence-electron chi connectivity index (χ0n) is 17.6. The summed E-state index contributed by atoms with van der Waals surface area (Å²) in [5.74, 6) is -0.222. The standard InChI is InChI=1S/C21H28N4O3S/c1-6-7-8-22-20(28)25-21-23-15(5)18(29-21)19(27)24-17-11-16(10-14(4)26)12(2)9-13(17)3/h9,11H,6-8,10H2,1-5H3,(H,24,27)(H2,22,23,25,28). The number of amides is 3. The molecule has 0 spiro atoms. The molecule has 0 aliphatic carbocycles. The van der Waals surface area contributed by atoms with Gasteiger partial charge in [0.25, 0.3) is 5.91 Å². The van der Waals surface area contributed by atoms with Gasteiger partial charge in [0.05, 0.1) is 5.69 Å². The summed E-state index contributed by atoms with van der Waals surface area (Å²) in [6, 6.07) is 3.48. The number of thiazole rings is 1. The first kappa shape index (κ1) is 22.5. The summed E-state index contributed by atoms with van der Waals surface area (Å²) in [6.45, 7) is 9.78. The Hall–Kier alpha value is -2.74. The van der Waals surface area contributed by atoms with E-state index in [4.69, 9.17) is 0 Å². The average Bonchev–Trinajstić information content (AvgIpc) is 2.99. The molecule has 0 aliphatic rings. The molecule has 0 saturated carbocycles. The second-order valence-electron chi connectivity index (χ2n) is 7.09. The van der Waals surface area contributed by atoms with E-state index in [1.165, 1.54) is 0 Å². The lowest BCUT2D eigenvalue weighted by atomic mass is 10.00. The van der Waals surface area contributed by atoms with Crippen LogP contribution in [-0.2, 0) is 11.2 Å². The first-order valence-electron chi connectivity index (χ1n) is 9.64. The molecule has 0 unspecified atom stereocenters. The fourth-order valence-corrected chi connectivity index (χ4v) is 3.71. The van der Waals surface area contributed by atoms with E-state index in [1.54, 1.807) is 13.8 Å². The number of Topliss-reactive ketones (excluding diaryl/α,β-unsaturated/α-hetero) is 1. The van der Waals surface area contributed by atoms with Crippen LogP contribution in [0.5, 0.6) is 0 Å². The Kier molecular flexibility index (Phi) is 7.90. The van der Waals surface area contributed by atoms with Crippen LogP contribution in [-0.4, -0.2) is 29.3 Å². The topological polar surface area (TPSA) is 100 Å². The number of aryl methyl sites for hydroxylation is 3. The minimum atomic E-state index is -0.331. The maximum absolute atomic E-state index is 12.8. The van der Waals surface area contributed by atoms with Crippen molar-refractivity contribution in [3.8, 4) is 0 Å². The van der Waals surface area contributed by atoms with Gasteiger partial charge in [-0.25, -0.2) is 9.78 Å². The Balaban J connectivity index is 2.12. The predicted molar refractivity (Wildman–Crippen MR) is 117 cm³/mol. The molecule has 0 saturated heterocycles. The number of carbonyl (C=O) groups is 3. The zero-order chi connectivity index (χ0) is 21.6. The Labute approximate surface area is 175 Å². The zero-order valence-corrected chi connectivity index (χ0v) is 18.4. The van der Waals surface area contributed by atoms with Crippen molar-refractivity contribution in [1.29, 1.82) is 0 Å². The van der Waals surface area contributed by atoms with Gasteiger partial charge in [0.2, 0.25) is 0 Å². The van der Waals surface area contributed by atoms with Crippen LogP contribution < -0.4 is 16.0 Å². The van der Waals surface area contributed by atoms with Crippen LogP contribution in [0.1, 0.15) is 58.7 Å². The van der Waals surface area contributed by atoms with E-state index < -0.39 is 0 Å². The second-order valence-corrected chi connectivity index (χ2v) is 8.09. The van der Waals surface area contributed by atoms with Crippen LogP contribution in [0.15, 0.2) is 12.1 Å². The molecule has 3 amide bonds. The van der Waals surface area contributed by atoms with Gasteiger partial charge in [0, 0.05) is 18.7 Å². The molecule has 2 aromatic rings. The van der Waals surface area contributed by atoms with Gasteiger partial charge < -0.3 is 10.6 Å². The highest BCUT2D eigenvalue weighted by Crippen LogP contribution is 2.26. The van der Waals surface area contributed by atoms with Crippen molar-refractivity contribution in [3.05, 3.63) is 39.4 Å². The van der Waals surface area contributed by atoms with E-state index >= 15 is 0 Å². The highest BCUT2D eigenvalue weighted by molar-refractivity contribution is 7.17. The molecule has 0 fully saturated rings. The number of rotatable bonds is 8. The molecule has 3 N–H and O–H groups in total. The van der Waals surface area contributed by atoms with Gasteiger partial charge in [-0.3, -0.25) is 14.9 Å². The number of nitrogens with zero attached hydrogens (tertiary/aromatic N) is 1. The molecule has 0 bridgehead atoms. The summed E-state index contributed by atoms with van der Waals surface area (Å²) in [4.78, 5) is 40.9. The minimum absolute atomic E-state index is 0.0699. The summed E-state index contributed by atoms with van der Waals surface area (Å²) in [6.07, 6.45) is 2.22. The summed E-state index contributed by atoms with van der Waals surface area (Å²) in [5.41, 5.74) is 4.04. The van der Waals surface area contributed by atoms with Crippen molar-refractivity contribution in [3.63, 3.8) is 0 Å². The minimum Gasteiger partial charge on any atom is -0.338 e. The molecule has 1 aromatic heterocycles. The molecule has 0 atom stereocenters. The van der Waals surface area contributed by atoms with Crippen molar-refractivity contribution in [2.75, 3.05) is 17.2 Å². The van der Waals surface area contributed by atoms with Gasteiger partial charge in [0.1, 0.15) is 10.7 Å². The summed E-state index contributed by atoms with van der Waals surface area (Å²) < 4.78 is 0. The molecule has 8 heteroatoms. The van der Waals surface area contributed by atoms with Crippen LogP contribution in [0.3, 0.4) is 0 Å². The lowest BCUT2D eigenvalue weighted by Crippen LogP contribution is -2.29. The van der Waals surface area contributed by atoms with Crippen LogP contribution in [0, 0.1) is 20.8 Å². The van der Waals surface area contributed by atoms with Gasteiger partial charge in [0.15, 0.2) is 5.13 Å². The summed E-state index contributed by atoms with van der Waals surface area (Å²) >= 11 is 1.13. The third-order valence-electron chi connectivity index (χ3n) is 4.41. The van der Waals surface area contributed by atoms with Crippen molar-refractivity contribution < 1.29 is 14.4 Å². The number of hydrogen-bond acceptors (Lipinski definition) is 5. The number of urea groups is 1. The molecule has 7 nitrogen and oxygen atoms in total. The van der Waals surface area contributed by atoms with Crippen LogP contribution in [0.4, 0.5) is 15.6 Å². The van der Waals surface area contributed by atoms with Crippen molar-refractivity contribution in [2.45, 2.75) is 53.9 Å². The largest absolute Gasteiger partial charge is 0.338 e. The average molecular weight is 417 g/mol. The highest BCUT2D eigenvalue weighted by Gasteiger charge is 2.18. The number of aromatic nitrogens is 1. The van der Waals surface area contributed by atoms with E-state index in [2.05, 4.69) is 20.9 Å². The fraction of sp³-hybridized carbons (Fsp3) is 0.429. The molecular formula is C21H28N4O3S. The van der Waals surface area contributed by atoms with Gasteiger partial charge >= 0.3 is 6.03 Å². The van der Waals surface area contributed by atoms with E-state index in [1.807, 2.05) is 32.9 Å². The third kappa shape index (κ3) is 6.39. The van der Waals surface area contributed by atoms with E-state index in [-0.39, 0.29) is 17.7 Å². The Morgan fingerprint density at radius 3 is 2.45 bits per heavy atom.